The molecular weight excluding hydrogens is 236 g/mol. The highest BCUT2D eigenvalue weighted by Crippen LogP contribution is 2.32. The molecule has 0 aromatic rings. The Labute approximate surface area is 106 Å². The van der Waals surface area contributed by atoms with Crippen molar-refractivity contribution in [3.8, 4) is 0 Å². The number of ether oxygens (including phenoxy) is 1. The van der Waals surface area contributed by atoms with E-state index in [0.29, 0.717) is 12.0 Å². The zero-order chi connectivity index (χ0) is 13.7. The van der Waals surface area contributed by atoms with E-state index in [0.717, 1.165) is 0 Å². The summed E-state index contributed by atoms with van der Waals surface area (Å²) in [6.45, 7) is 5.33. The predicted octanol–water partition coefficient (Wildman–Crippen LogP) is 0.384. The molecule has 5 nitrogen and oxygen atoms in total. The van der Waals surface area contributed by atoms with Gasteiger partial charge in [0.2, 0.25) is 0 Å². The van der Waals surface area contributed by atoms with Gasteiger partial charge in [0, 0.05) is 24.0 Å². The quantitative estimate of drug-likeness (QED) is 0.421. The Kier molecular flexibility index (Phi) is 5.28. The minimum atomic E-state index is -0.918. The second kappa shape index (κ2) is 6.50. The maximum absolute atomic E-state index is 11.6. The van der Waals surface area contributed by atoms with E-state index in [1.54, 1.807) is 12.9 Å². The molecule has 0 aromatic heterocycles. The van der Waals surface area contributed by atoms with E-state index in [4.69, 9.17) is 4.74 Å². The number of hydrogen-bond donors (Lipinski definition) is 2. The van der Waals surface area contributed by atoms with Crippen LogP contribution in [0.4, 0.5) is 0 Å². The lowest BCUT2D eigenvalue weighted by Crippen LogP contribution is -2.33. The molecule has 0 unspecified atom stereocenters. The molecule has 4 atom stereocenters. The fourth-order valence-corrected chi connectivity index (χ4v) is 2.05. The molecule has 0 spiro atoms. The summed E-state index contributed by atoms with van der Waals surface area (Å²) in [5, 5.41) is 19.5. The third-order valence-corrected chi connectivity index (χ3v) is 3.21. The molecule has 0 amide bonds. The Balaban J connectivity index is 2.73. The number of aliphatic hydroxyl groups excluding tert-OH is 2. The molecule has 1 aliphatic carbocycles. The van der Waals surface area contributed by atoms with Crippen LogP contribution >= 0.6 is 0 Å². The monoisotopic (exact) mass is 254 g/mol. The van der Waals surface area contributed by atoms with Crippen molar-refractivity contribution in [2.75, 3.05) is 0 Å². The predicted molar refractivity (Wildman–Crippen MR) is 64.3 cm³/mol. The number of aliphatic hydroxyl groups is 2. The lowest BCUT2D eigenvalue weighted by atomic mass is 9.99. The van der Waals surface area contributed by atoms with Crippen molar-refractivity contribution in [3.63, 3.8) is 0 Å². The fourth-order valence-electron chi connectivity index (χ4n) is 2.05. The Morgan fingerprint density at radius 3 is 2.72 bits per heavy atom. The van der Waals surface area contributed by atoms with Crippen molar-refractivity contribution < 1.29 is 24.5 Å². The van der Waals surface area contributed by atoms with Crippen molar-refractivity contribution in [2.45, 2.75) is 44.5 Å². The highest BCUT2D eigenvalue weighted by molar-refractivity contribution is 5.87. The van der Waals surface area contributed by atoms with Crippen LogP contribution in [0.2, 0.25) is 0 Å². The normalized spacial score (nSPS) is 30.6. The van der Waals surface area contributed by atoms with Crippen molar-refractivity contribution in [2.24, 2.45) is 5.92 Å². The second-order valence-electron chi connectivity index (χ2n) is 4.42. The third-order valence-electron chi connectivity index (χ3n) is 3.21. The highest BCUT2D eigenvalue weighted by Gasteiger charge is 2.43. The smallest absolute Gasteiger partial charge is 0.333 e. The Morgan fingerprint density at radius 1 is 1.50 bits per heavy atom. The number of allylic oxidation sites excluding steroid dienone is 1. The zero-order valence-electron chi connectivity index (χ0n) is 10.3. The van der Waals surface area contributed by atoms with E-state index >= 15 is 0 Å². The molecule has 1 fully saturated rings. The Bertz CT molecular complexity index is 370. The summed E-state index contributed by atoms with van der Waals surface area (Å²) in [4.78, 5) is 21.8. The molecule has 0 saturated heterocycles. The van der Waals surface area contributed by atoms with Crippen LogP contribution in [-0.2, 0) is 14.3 Å². The van der Waals surface area contributed by atoms with Crippen LogP contribution in [0.1, 0.15) is 26.2 Å². The fraction of sp³-hybridized carbons (Fsp3) is 0.615. The van der Waals surface area contributed by atoms with Gasteiger partial charge in [0.25, 0.3) is 0 Å². The average molecular weight is 254 g/mol. The van der Waals surface area contributed by atoms with Gasteiger partial charge in [0.1, 0.15) is 12.0 Å². The van der Waals surface area contributed by atoms with Crippen LogP contribution < -0.4 is 0 Å². The number of esters is 1. The van der Waals surface area contributed by atoms with Crippen molar-refractivity contribution in [1.29, 1.82) is 0 Å². The molecule has 2 N–H and O–H groups in total. The first-order valence-corrected chi connectivity index (χ1v) is 5.95. The minimum Gasteiger partial charge on any atom is -0.456 e. The van der Waals surface area contributed by atoms with Gasteiger partial charge in [-0.3, -0.25) is 0 Å². The lowest BCUT2D eigenvalue weighted by Gasteiger charge is -2.22. The average Bonchev–Trinajstić information content (AvgIpc) is 2.60. The molecule has 1 aliphatic rings. The van der Waals surface area contributed by atoms with Crippen LogP contribution in [0.15, 0.2) is 18.2 Å². The van der Waals surface area contributed by atoms with Gasteiger partial charge in [0.05, 0.1) is 12.2 Å². The Hall–Kier alpha value is -1.42. The molecule has 100 valence electrons. The van der Waals surface area contributed by atoms with E-state index in [-0.39, 0.29) is 12.8 Å². The maximum atomic E-state index is 11.6. The lowest BCUT2D eigenvalue weighted by molar-refractivity contribution is -0.151. The molecular formula is C13H18O5. The van der Waals surface area contributed by atoms with E-state index in [9.17, 15) is 19.8 Å². The zero-order valence-corrected chi connectivity index (χ0v) is 10.3. The molecule has 1 saturated carbocycles. The summed E-state index contributed by atoms with van der Waals surface area (Å²) >= 11 is 0. The van der Waals surface area contributed by atoms with Gasteiger partial charge in [-0.25, -0.2) is 9.59 Å². The number of carbonyl (C=O) groups excluding carboxylic acids is 2. The summed E-state index contributed by atoms with van der Waals surface area (Å²) in [7, 11) is 0. The first-order valence-electron chi connectivity index (χ1n) is 5.95. The number of carbonyl (C=O) groups is 1. The van der Waals surface area contributed by atoms with Crippen LogP contribution in [0.5, 0.6) is 0 Å². The molecule has 0 aliphatic heterocycles. The standard InChI is InChI=1S/C13H18O5/c1-3-8(2)13(17)18-12-9(5-4-6-14)10(15)7-11(12)16/h4,9-12,15-16H,2-3,5,7H2,1H3/t9-,10+,11-,12-/m0/s1. The molecule has 1 rings (SSSR count). The summed E-state index contributed by atoms with van der Waals surface area (Å²) in [6, 6.07) is 0. The van der Waals surface area contributed by atoms with Crippen molar-refractivity contribution >= 4 is 11.9 Å². The number of rotatable bonds is 5. The summed E-state index contributed by atoms with van der Waals surface area (Å²) < 4.78 is 5.16. The first kappa shape index (κ1) is 14.6. The van der Waals surface area contributed by atoms with Gasteiger partial charge >= 0.3 is 5.97 Å². The maximum Gasteiger partial charge on any atom is 0.333 e. The summed E-state index contributed by atoms with van der Waals surface area (Å²) in [6.07, 6.45) is -0.479. The molecule has 0 aromatic carbocycles. The van der Waals surface area contributed by atoms with Crippen LogP contribution in [0, 0.1) is 5.92 Å². The van der Waals surface area contributed by atoms with Crippen molar-refractivity contribution in [1.82, 2.24) is 0 Å². The molecule has 0 bridgehead atoms. The largest absolute Gasteiger partial charge is 0.456 e. The van der Waals surface area contributed by atoms with E-state index < -0.39 is 30.2 Å². The summed E-state index contributed by atoms with van der Waals surface area (Å²) in [5.41, 5.74) is 0.313. The SMILES string of the molecule is C=C(CC)C(=O)O[C@H]1[C@@H](CC=C=O)[C@H](O)C[C@@H]1O. The van der Waals surface area contributed by atoms with Gasteiger partial charge in [-0.05, 0) is 12.8 Å². The molecule has 5 heteroatoms. The molecule has 18 heavy (non-hydrogen) atoms. The first-order chi connectivity index (χ1) is 8.51. The van der Waals surface area contributed by atoms with Crippen LogP contribution in [0.3, 0.4) is 0 Å². The van der Waals surface area contributed by atoms with Crippen molar-refractivity contribution in [3.05, 3.63) is 18.2 Å². The van der Waals surface area contributed by atoms with Gasteiger partial charge < -0.3 is 14.9 Å². The molecule has 0 heterocycles. The second-order valence-corrected chi connectivity index (χ2v) is 4.42. The van der Waals surface area contributed by atoms with E-state index in [1.807, 2.05) is 0 Å². The Morgan fingerprint density at radius 2 is 2.17 bits per heavy atom. The topological polar surface area (TPSA) is 83.8 Å². The van der Waals surface area contributed by atoms with Gasteiger partial charge in [-0.1, -0.05) is 13.5 Å². The van der Waals surface area contributed by atoms with Gasteiger partial charge in [-0.2, -0.15) is 0 Å². The molecule has 0 radical (unpaired) electrons. The minimum absolute atomic E-state index is 0.133. The van der Waals surface area contributed by atoms with Crippen LogP contribution in [0.25, 0.3) is 0 Å². The van der Waals surface area contributed by atoms with Crippen LogP contribution in [-0.4, -0.2) is 40.4 Å². The van der Waals surface area contributed by atoms with Gasteiger partial charge in [0.15, 0.2) is 0 Å². The number of hydrogen-bond acceptors (Lipinski definition) is 5. The highest BCUT2D eigenvalue weighted by atomic mass is 16.6. The van der Waals surface area contributed by atoms with Gasteiger partial charge in [-0.15, -0.1) is 0 Å². The summed E-state index contributed by atoms with van der Waals surface area (Å²) in [5.74, 6) is 0.562. The van der Waals surface area contributed by atoms with E-state index in [2.05, 4.69) is 6.58 Å². The third kappa shape index (κ3) is 3.29. The van der Waals surface area contributed by atoms with E-state index in [1.165, 1.54) is 6.08 Å².